The quantitative estimate of drug-likeness (QED) is 0.679. The topological polar surface area (TPSA) is 22.4 Å². The van der Waals surface area contributed by atoms with Crippen molar-refractivity contribution in [3.63, 3.8) is 0 Å². The number of rotatable bonds is 5. The fraction of sp³-hybridized carbons (Fsp3) is 0.600. The normalized spacial score (nSPS) is 10.8. The van der Waals surface area contributed by atoms with Crippen LogP contribution in [0.3, 0.4) is 0 Å². The van der Waals surface area contributed by atoms with Gasteiger partial charge in [0.1, 0.15) is 0 Å². The van der Waals surface area contributed by atoms with Gasteiger partial charge in [-0.1, -0.05) is 13.3 Å². The third-order valence-corrected chi connectivity index (χ3v) is 2.53. The Morgan fingerprint density at radius 3 is 2.85 bits per heavy atom. The van der Waals surface area contributed by atoms with Gasteiger partial charge in [0.05, 0.1) is 6.26 Å². The van der Waals surface area contributed by atoms with Crippen molar-refractivity contribution < 1.29 is 8.84 Å². The van der Waals surface area contributed by atoms with Gasteiger partial charge in [0.25, 0.3) is 5.95 Å². The number of furan rings is 1. The number of hydrogen-bond donors (Lipinski definition) is 0. The van der Waals surface area contributed by atoms with Gasteiger partial charge in [-0.3, -0.25) is 0 Å². The van der Waals surface area contributed by atoms with E-state index in [-0.39, 0.29) is 0 Å². The molecule has 1 heterocycles. The first-order valence-electron chi connectivity index (χ1n) is 4.97. The summed E-state index contributed by atoms with van der Waals surface area (Å²) in [6, 6.07) is 2.02. The molecule has 1 aromatic heterocycles. The molecule has 0 aliphatic heterocycles. The summed E-state index contributed by atoms with van der Waals surface area (Å²) in [6.07, 6.45) is 5.21. The van der Waals surface area contributed by atoms with Gasteiger partial charge in [-0.15, -0.1) is 0 Å². The smallest absolute Gasteiger partial charge is 0.273 e. The van der Waals surface area contributed by atoms with Crippen molar-refractivity contribution in [3.8, 4) is 5.95 Å². The third kappa shape index (κ3) is 3.26. The highest BCUT2D eigenvalue weighted by molar-refractivity contribution is 6.49. The van der Waals surface area contributed by atoms with Crippen LogP contribution >= 0.6 is 0 Å². The highest BCUT2D eigenvalue weighted by Gasteiger charge is 2.08. The lowest BCUT2D eigenvalue weighted by Crippen LogP contribution is -2.11. The van der Waals surface area contributed by atoms with E-state index >= 15 is 0 Å². The maximum Gasteiger partial charge on any atom is 0.273 e. The molecule has 0 saturated heterocycles. The summed E-state index contributed by atoms with van der Waals surface area (Å²) < 4.78 is 10.9. The van der Waals surface area contributed by atoms with Gasteiger partial charge in [-0.05, 0) is 32.0 Å². The van der Waals surface area contributed by atoms with Gasteiger partial charge in [-0.25, -0.2) is 0 Å². The van der Waals surface area contributed by atoms with Crippen LogP contribution in [-0.2, 0) is 6.42 Å². The third-order valence-electron chi connectivity index (χ3n) is 1.85. The first-order chi connectivity index (χ1) is 6.24. The average Bonchev–Trinajstić information content (AvgIpc) is 2.48. The van der Waals surface area contributed by atoms with Gasteiger partial charge >= 0.3 is 0 Å². The van der Waals surface area contributed by atoms with Crippen molar-refractivity contribution in [2.75, 3.05) is 0 Å². The van der Waals surface area contributed by atoms with Crippen molar-refractivity contribution in [1.82, 2.24) is 0 Å². The van der Waals surface area contributed by atoms with Crippen LogP contribution in [0.1, 0.15) is 25.3 Å². The molecule has 0 saturated carbocycles. The standard InChI is InChI=1S/C10H18O2Si/c1-4-5-6-9-7-8-11-10(9)12-13(2)3/h7-8,13H,4-6H2,1-3H3. The minimum Gasteiger partial charge on any atom is -0.522 e. The van der Waals surface area contributed by atoms with E-state index < -0.39 is 9.04 Å². The highest BCUT2D eigenvalue weighted by atomic mass is 28.3. The predicted molar refractivity (Wildman–Crippen MR) is 56.8 cm³/mol. The Morgan fingerprint density at radius 1 is 1.46 bits per heavy atom. The molecular weight excluding hydrogens is 180 g/mol. The van der Waals surface area contributed by atoms with Gasteiger partial charge < -0.3 is 8.84 Å². The first-order valence-corrected chi connectivity index (χ1v) is 7.75. The Morgan fingerprint density at radius 2 is 2.23 bits per heavy atom. The lowest BCUT2D eigenvalue weighted by Gasteiger charge is -2.07. The first kappa shape index (κ1) is 10.4. The molecule has 0 aliphatic rings. The molecule has 0 amide bonds. The molecule has 1 aromatic rings. The second-order valence-electron chi connectivity index (χ2n) is 3.50. The van der Waals surface area contributed by atoms with Crippen LogP contribution in [0.2, 0.25) is 13.1 Å². The van der Waals surface area contributed by atoms with Gasteiger partial charge in [0.15, 0.2) is 0 Å². The van der Waals surface area contributed by atoms with Crippen molar-refractivity contribution in [2.45, 2.75) is 39.3 Å². The zero-order valence-corrected chi connectivity index (χ0v) is 9.82. The molecule has 0 aliphatic carbocycles. The molecule has 0 N–H and O–H groups in total. The summed E-state index contributed by atoms with van der Waals surface area (Å²) >= 11 is 0. The minimum absolute atomic E-state index is 0.759. The van der Waals surface area contributed by atoms with Crippen LogP contribution in [0.5, 0.6) is 5.95 Å². The Bertz CT molecular complexity index is 243. The fourth-order valence-electron chi connectivity index (χ4n) is 1.19. The van der Waals surface area contributed by atoms with Gasteiger partial charge in [-0.2, -0.15) is 0 Å². The Kier molecular flexibility index (Phi) is 4.09. The molecule has 1 rings (SSSR count). The van der Waals surface area contributed by atoms with E-state index in [0.29, 0.717) is 0 Å². The molecule has 0 aromatic carbocycles. The van der Waals surface area contributed by atoms with E-state index in [2.05, 4.69) is 20.0 Å². The lowest BCUT2D eigenvalue weighted by atomic mass is 10.1. The molecule has 2 nitrogen and oxygen atoms in total. The zero-order valence-electron chi connectivity index (χ0n) is 8.67. The van der Waals surface area contributed by atoms with Crippen LogP contribution in [-0.4, -0.2) is 9.04 Å². The molecule has 0 fully saturated rings. The van der Waals surface area contributed by atoms with E-state index in [1.165, 1.54) is 18.4 Å². The molecule has 3 heteroatoms. The molecule has 0 bridgehead atoms. The summed E-state index contributed by atoms with van der Waals surface area (Å²) in [4.78, 5) is 0. The molecular formula is C10H18O2Si. The molecule has 0 spiro atoms. The Hall–Kier alpha value is -0.703. The van der Waals surface area contributed by atoms with Crippen molar-refractivity contribution in [3.05, 3.63) is 17.9 Å². The molecule has 0 atom stereocenters. The minimum atomic E-state index is -1.02. The van der Waals surface area contributed by atoms with Gasteiger partial charge in [0, 0.05) is 5.56 Å². The van der Waals surface area contributed by atoms with Crippen LogP contribution in [0.15, 0.2) is 16.7 Å². The Balaban J connectivity index is 2.55. The fourth-order valence-corrected chi connectivity index (χ4v) is 1.83. The second-order valence-corrected chi connectivity index (χ2v) is 5.84. The van der Waals surface area contributed by atoms with E-state index in [9.17, 15) is 0 Å². The largest absolute Gasteiger partial charge is 0.522 e. The number of unbranched alkanes of at least 4 members (excludes halogenated alkanes) is 1. The summed E-state index contributed by atoms with van der Waals surface area (Å²) in [5, 5.41) is 0. The highest BCUT2D eigenvalue weighted by Crippen LogP contribution is 2.22. The van der Waals surface area contributed by atoms with Crippen molar-refractivity contribution in [1.29, 1.82) is 0 Å². The maximum atomic E-state index is 5.65. The van der Waals surface area contributed by atoms with Crippen molar-refractivity contribution in [2.24, 2.45) is 0 Å². The average molecular weight is 198 g/mol. The zero-order chi connectivity index (χ0) is 9.68. The van der Waals surface area contributed by atoms with E-state index in [4.69, 9.17) is 8.84 Å². The van der Waals surface area contributed by atoms with Crippen LogP contribution in [0.4, 0.5) is 0 Å². The van der Waals surface area contributed by atoms with E-state index in [1.54, 1.807) is 6.26 Å². The molecule has 0 unspecified atom stereocenters. The molecule has 13 heavy (non-hydrogen) atoms. The maximum absolute atomic E-state index is 5.65. The van der Waals surface area contributed by atoms with Crippen LogP contribution in [0, 0.1) is 0 Å². The van der Waals surface area contributed by atoms with E-state index in [0.717, 1.165) is 12.4 Å². The second kappa shape index (κ2) is 5.12. The summed E-state index contributed by atoms with van der Waals surface area (Å²) in [6.45, 7) is 6.48. The van der Waals surface area contributed by atoms with Gasteiger partial charge in [0.2, 0.25) is 9.04 Å². The van der Waals surface area contributed by atoms with Crippen LogP contribution < -0.4 is 4.43 Å². The summed E-state index contributed by atoms with van der Waals surface area (Å²) in [5.74, 6) is 0.759. The summed E-state index contributed by atoms with van der Waals surface area (Å²) in [5.41, 5.74) is 1.23. The SMILES string of the molecule is CCCCc1ccoc1O[SiH](C)C. The number of hydrogen-bond acceptors (Lipinski definition) is 2. The Labute approximate surface area is 81.6 Å². The van der Waals surface area contributed by atoms with Crippen LogP contribution in [0.25, 0.3) is 0 Å². The number of aryl methyl sites for hydroxylation is 1. The summed E-state index contributed by atoms with van der Waals surface area (Å²) in [7, 11) is -1.02. The molecule has 74 valence electrons. The lowest BCUT2D eigenvalue weighted by molar-refractivity contribution is 0.390. The predicted octanol–water partition coefficient (Wildman–Crippen LogP) is 2.98. The van der Waals surface area contributed by atoms with E-state index in [1.807, 2.05) is 6.07 Å². The monoisotopic (exact) mass is 198 g/mol. The van der Waals surface area contributed by atoms with Crippen molar-refractivity contribution >= 4 is 9.04 Å². The molecule has 0 radical (unpaired) electrons.